The smallest absolute Gasteiger partial charge is 0.190 e. The number of guanidine groups is 1. The summed E-state index contributed by atoms with van der Waals surface area (Å²) in [4.78, 5) is 6.91. The zero-order valence-electron chi connectivity index (χ0n) is 18.4. The minimum atomic E-state index is 0. The summed E-state index contributed by atoms with van der Waals surface area (Å²) in [6.07, 6.45) is 7.04. The molecule has 2 N–H and O–H groups in total. The maximum absolute atomic E-state index is 5.74. The van der Waals surface area contributed by atoms with Crippen molar-refractivity contribution in [1.29, 1.82) is 0 Å². The molecule has 0 unspecified atom stereocenters. The van der Waals surface area contributed by atoms with E-state index in [1.165, 1.54) is 44.5 Å². The van der Waals surface area contributed by atoms with Crippen molar-refractivity contribution in [1.82, 2.24) is 15.5 Å². The SMILES string of the molecule is CN=C(NCCCCOCCc1ccccc1)NCCCN1CCC(C)CC1.I. The van der Waals surface area contributed by atoms with E-state index in [0.717, 1.165) is 57.4 Å². The summed E-state index contributed by atoms with van der Waals surface area (Å²) in [6.45, 7) is 9.64. The number of halogens is 1. The van der Waals surface area contributed by atoms with E-state index in [9.17, 15) is 0 Å². The first kappa shape index (κ1) is 26.2. The van der Waals surface area contributed by atoms with Crippen LogP contribution in [0.5, 0.6) is 0 Å². The standard InChI is InChI=1S/C23H40N4O.HI/c1-21-11-17-27(18-12-21)16-8-15-26-23(24-2)25-14-6-7-19-28-20-13-22-9-4-3-5-10-22;/h3-5,9-10,21H,6-8,11-20H2,1-2H3,(H2,24,25,26);1H. The Morgan fingerprint density at radius 2 is 1.72 bits per heavy atom. The molecule has 1 aromatic carbocycles. The first-order chi connectivity index (χ1) is 13.8. The molecule has 0 atom stereocenters. The minimum absolute atomic E-state index is 0. The Morgan fingerprint density at radius 3 is 2.41 bits per heavy atom. The molecule has 166 valence electrons. The highest BCUT2D eigenvalue weighted by Crippen LogP contribution is 2.15. The molecule has 2 rings (SSSR count). The quantitative estimate of drug-likeness (QED) is 0.191. The predicted octanol–water partition coefficient (Wildman–Crippen LogP) is 3.93. The fraction of sp³-hybridized carbons (Fsp3) is 0.696. The summed E-state index contributed by atoms with van der Waals surface area (Å²) in [5, 5.41) is 6.83. The molecule has 6 heteroatoms. The van der Waals surface area contributed by atoms with Gasteiger partial charge in [0.25, 0.3) is 0 Å². The molecule has 1 aliphatic rings. The Labute approximate surface area is 195 Å². The van der Waals surface area contributed by atoms with Crippen LogP contribution >= 0.6 is 24.0 Å². The average Bonchev–Trinajstić information content (AvgIpc) is 2.73. The summed E-state index contributed by atoms with van der Waals surface area (Å²) >= 11 is 0. The molecule has 5 nitrogen and oxygen atoms in total. The topological polar surface area (TPSA) is 48.9 Å². The fourth-order valence-electron chi connectivity index (χ4n) is 3.49. The van der Waals surface area contributed by atoms with Gasteiger partial charge >= 0.3 is 0 Å². The lowest BCUT2D eigenvalue weighted by atomic mass is 9.99. The average molecular weight is 517 g/mol. The number of hydrogen-bond acceptors (Lipinski definition) is 3. The molecule has 1 aliphatic heterocycles. The highest BCUT2D eigenvalue weighted by atomic mass is 127. The van der Waals surface area contributed by atoms with E-state index < -0.39 is 0 Å². The van der Waals surface area contributed by atoms with Crippen LogP contribution in [-0.4, -0.2) is 63.8 Å². The van der Waals surface area contributed by atoms with Crippen LogP contribution < -0.4 is 10.6 Å². The van der Waals surface area contributed by atoms with Gasteiger partial charge in [0.15, 0.2) is 5.96 Å². The van der Waals surface area contributed by atoms with Crippen LogP contribution in [0.15, 0.2) is 35.3 Å². The minimum Gasteiger partial charge on any atom is -0.381 e. The normalized spacial score (nSPS) is 15.7. The van der Waals surface area contributed by atoms with Crippen molar-refractivity contribution in [3.05, 3.63) is 35.9 Å². The number of hydrogen-bond donors (Lipinski definition) is 2. The number of unbranched alkanes of at least 4 members (excludes halogenated alkanes) is 1. The number of piperidine rings is 1. The molecular weight excluding hydrogens is 475 g/mol. The lowest BCUT2D eigenvalue weighted by Crippen LogP contribution is -2.40. The molecule has 0 bridgehead atoms. The van der Waals surface area contributed by atoms with Gasteiger partial charge in [-0.05, 0) is 69.6 Å². The van der Waals surface area contributed by atoms with E-state index in [-0.39, 0.29) is 24.0 Å². The predicted molar refractivity (Wildman–Crippen MR) is 134 cm³/mol. The van der Waals surface area contributed by atoms with E-state index in [1.54, 1.807) is 0 Å². The van der Waals surface area contributed by atoms with Crippen molar-refractivity contribution in [2.24, 2.45) is 10.9 Å². The third-order valence-corrected chi connectivity index (χ3v) is 5.43. The van der Waals surface area contributed by atoms with Crippen molar-refractivity contribution in [3.8, 4) is 0 Å². The van der Waals surface area contributed by atoms with E-state index in [4.69, 9.17) is 4.74 Å². The summed E-state index contributed by atoms with van der Waals surface area (Å²) in [5.41, 5.74) is 1.34. The second kappa shape index (κ2) is 16.9. The van der Waals surface area contributed by atoms with Crippen LogP contribution in [0.4, 0.5) is 0 Å². The number of ether oxygens (including phenoxy) is 1. The molecule has 1 saturated heterocycles. The number of benzene rings is 1. The van der Waals surface area contributed by atoms with Gasteiger partial charge < -0.3 is 20.3 Å². The molecule has 29 heavy (non-hydrogen) atoms. The second-order valence-electron chi connectivity index (χ2n) is 7.86. The molecule has 0 aromatic heterocycles. The van der Waals surface area contributed by atoms with Crippen molar-refractivity contribution >= 4 is 29.9 Å². The van der Waals surface area contributed by atoms with Gasteiger partial charge in [-0.3, -0.25) is 4.99 Å². The van der Waals surface area contributed by atoms with Gasteiger partial charge in [-0.2, -0.15) is 0 Å². The Morgan fingerprint density at radius 1 is 1.03 bits per heavy atom. The molecule has 0 spiro atoms. The Kier molecular flexibility index (Phi) is 15.2. The number of nitrogens with one attached hydrogen (secondary N) is 2. The number of rotatable bonds is 12. The van der Waals surface area contributed by atoms with Gasteiger partial charge in [0, 0.05) is 26.7 Å². The van der Waals surface area contributed by atoms with Gasteiger partial charge in [0.1, 0.15) is 0 Å². The zero-order valence-corrected chi connectivity index (χ0v) is 20.7. The lowest BCUT2D eigenvalue weighted by molar-refractivity contribution is 0.133. The summed E-state index contributed by atoms with van der Waals surface area (Å²) in [5.74, 6) is 1.82. The lowest BCUT2D eigenvalue weighted by Gasteiger charge is -2.30. The van der Waals surface area contributed by atoms with Crippen LogP contribution in [0, 0.1) is 5.92 Å². The molecule has 0 radical (unpaired) electrons. The molecular formula is C23H41IN4O. The molecule has 1 aromatic rings. The maximum Gasteiger partial charge on any atom is 0.190 e. The van der Waals surface area contributed by atoms with Gasteiger partial charge in [-0.15, -0.1) is 24.0 Å². The summed E-state index contributed by atoms with van der Waals surface area (Å²) < 4.78 is 5.74. The largest absolute Gasteiger partial charge is 0.381 e. The van der Waals surface area contributed by atoms with Crippen LogP contribution in [0.1, 0.15) is 44.6 Å². The van der Waals surface area contributed by atoms with Crippen molar-refractivity contribution in [2.45, 2.75) is 45.4 Å². The zero-order chi connectivity index (χ0) is 19.9. The van der Waals surface area contributed by atoms with Crippen LogP contribution in [-0.2, 0) is 11.2 Å². The maximum atomic E-state index is 5.74. The number of likely N-dealkylation sites (tertiary alicyclic amines) is 1. The highest BCUT2D eigenvalue weighted by Gasteiger charge is 2.14. The van der Waals surface area contributed by atoms with E-state index >= 15 is 0 Å². The monoisotopic (exact) mass is 516 g/mol. The number of nitrogens with zero attached hydrogens (tertiary/aromatic N) is 2. The Balaban J connectivity index is 0.00000420. The van der Waals surface area contributed by atoms with E-state index in [2.05, 4.69) is 57.8 Å². The van der Waals surface area contributed by atoms with Gasteiger partial charge in [-0.25, -0.2) is 0 Å². The van der Waals surface area contributed by atoms with Crippen molar-refractivity contribution in [2.75, 3.05) is 53.0 Å². The van der Waals surface area contributed by atoms with Gasteiger partial charge in [0.2, 0.25) is 0 Å². The van der Waals surface area contributed by atoms with Crippen LogP contribution in [0.2, 0.25) is 0 Å². The van der Waals surface area contributed by atoms with E-state index in [1.807, 2.05) is 7.05 Å². The first-order valence-corrected chi connectivity index (χ1v) is 11.1. The van der Waals surface area contributed by atoms with Crippen LogP contribution in [0.25, 0.3) is 0 Å². The first-order valence-electron chi connectivity index (χ1n) is 11.1. The molecule has 0 aliphatic carbocycles. The fourth-order valence-corrected chi connectivity index (χ4v) is 3.49. The molecule has 1 fully saturated rings. The van der Waals surface area contributed by atoms with E-state index in [0.29, 0.717) is 0 Å². The Hall–Kier alpha value is -0.860. The molecule has 0 amide bonds. The van der Waals surface area contributed by atoms with Crippen LogP contribution in [0.3, 0.4) is 0 Å². The molecule has 0 saturated carbocycles. The van der Waals surface area contributed by atoms with Gasteiger partial charge in [0.05, 0.1) is 6.61 Å². The molecule has 1 heterocycles. The second-order valence-corrected chi connectivity index (χ2v) is 7.86. The third kappa shape index (κ3) is 12.4. The highest BCUT2D eigenvalue weighted by molar-refractivity contribution is 14.0. The summed E-state index contributed by atoms with van der Waals surface area (Å²) in [6, 6.07) is 10.5. The van der Waals surface area contributed by atoms with Crippen molar-refractivity contribution in [3.63, 3.8) is 0 Å². The number of aliphatic imine (C=N–C) groups is 1. The van der Waals surface area contributed by atoms with Crippen molar-refractivity contribution < 1.29 is 4.74 Å². The summed E-state index contributed by atoms with van der Waals surface area (Å²) in [7, 11) is 1.84. The Bertz CT molecular complexity index is 533. The van der Waals surface area contributed by atoms with Gasteiger partial charge in [-0.1, -0.05) is 37.3 Å². The third-order valence-electron chi connectivity index (χ3n) is 5.43.